The molecule has 0 saturated heterocycles. The average Bonchev–Trinajstić information content (AvgIpc) is 2.28. The minimum absolute atomic E-state index is 0.248. The Balaban J connectivity index is 0.000000631. The SMILES string of the molecule is C=CC(=O)Nc1ccc(C(N)=[NH2+])cc1.CC(=O)[O-]. The van der Waals surface area contributed by atoms with E-state index in [1.165, 1.54) is 6.08 Å². The number of hydrogen-bond donors (Lipinski definition) is 3. The van der Waals surface area contributed by atoms with Gasteiger partial charge in [-0.15, -0.1) is 0 Å². The monoisotopic (exact) mass is 249 g/mol. The average molecular weight is 249 g/mol. The molecule has 0 aromatic heterocycles. The van der Waals surface area contributed by atoms with Gasteiger partial charge in [-0.1, -0.05) is 6.58 Å². The first kappa shape index (κ1) is 15.4. The zero-order valence-corrected chi connectivity index (χ0v) is 9.97. The summed E-state index contributed by atoms with van der Waals surface area (Å²) in [6.45, 7) is 4.32. The van der Waals surface area contributed by atoms with Crippen molar-refractivity contribution in [2.75, 3.05) is 5.32 Å². The fraction of sp³-hybridized carbons (Fsp3) is 0.0833. The molecule has 0 aliphatic rings. The number of carbonyl (C=O) groups is 2. The van der Waals surface area contributed by atoms with Gasteiger partial charge < -0.3 is 15.2 Å². The molecule has 0 radical (unpaired) electrons. The summed E-state index contributed by atoms with van der Waals surface area (Å²) in [7, 11) is 0. The van der Waals surface area contributed by atoms with Crippen molar-refractivity contribution in [3.05, 3.63) is 42.5 Å². The molecule has 0 atom stereocenters. The van der Waals surface area contributed by atoms with Crippen LogP contribution in [0.1, 0.15) is 12.5 Å². The molecule has 96 valence electrons. The largest absolute Gasteiger partial charge is 0.550 e. The normalized spacial score (nSPS) is 8.50. The number of carbonyl (C=O) groups excluding carboxylic acids is 2. The summed E-state index contributed by atoms with van der Waals surface area (Å²) in [6, 6.07) is 6.90. The lowest BCUT2D eigenvalue weighted by Gasteiger charge is -2.01. The number of rotatable bonds is 3. The van der Waals surface area contributed by atoms with Crippen molar-refractivity contribution in [3.8, 4) is 0 Å². The molecule has 0 fully saturated rings. The van der Waals surface area contributed by atoms with Gasteiger partial charge in [0, 0.05) is 11.7 Å². The number of aliphatic carboxylic acids is 1. The quantitative estimate of drug-likeness (QED) is 0.327. The van der Waals surface area contributed by atoms with Gasteiger partial charge in [0.25, 0.3) is 5.84 Å². The Kier molecular flexibility index (Phi) is 6.50. The lowest BCUT2D eigenvalue weighted by molar-refractivity contribution is -0.302. The number of hydrogen-bond acceptors (Lipinski definition) is 3. The van der Waals surface area contributed by atoms with E-state index in [9.17, 15) is 4.79 Å². The Morgan fingerprint density at radius 1 is 1.39 bits per heavy atom. The zero-order chi connectivity index (χ0) is 14.1. The van der Waals surface area contributed by atoms with E-state index in [1.54, 1.807) is 24.3 Å². The van der Waals surface area contributed by atoms with Gasteiger partial charge in [-0.2, -0.15) is 0 Å². The molecule has 18 heavy (non-hydrogen) atoms. The van der Waals surface area contributed by atoms with E-state index in [-0.39, 0.29) is 11.7 Å². The van der Waals surface area contributed by atoms with Crippen LogP contribution in [0.25, 0.3) is 0 Å². The third-order valence-corrected chi connectivity index (χ3v) is 1.67. The van der Waals surface area contributed by atoms with Gasteiger partial charge in [0.15, 0.2) is 0 Å². The van der Waals surface area contributed by atoms with Gasteiger partial charge in [-0.3, -0.25) is 15.9 Å². The Bertz CT molecular complexity index is 448. The molecule has 6 heteroatoms. The van der Waals surface area contributed by atoms with E-state index in [0.29, 0.717) is 5.69 Å². The minimum atomic E-state index is -1.08. The third kappa shape index (κ3) is 6.78. The summed E-state index contributed by atoms with van der Waals surface area (Å²) in [4.78, 5) is 19.8. The lowest BCUT2D eigenvalue weighted by atomic mass is 10.2. The number of benzene rings is 1. The van der Waals surface area contributed by atoms with Crippen molar-refractivity contribution in [1.82, 2.24) is 0 Å². The zero-order valence-electron chi connectivity index (χ0n) is 9.97. The smallest absolute Gasteiger partial charge is 0.270 e. The van der Waals surface area contributed by atoms with Crippen LogP contribution in [0.5, 0.6) is 0 Å². The van der Waals surface area contributed by atoms with Crippen molar-refractivity contribution in [1.29, 1.82) is 0 Å². The number of amides is 1. The van der Waals surface area contributed by atoms with E-state index in [2.05, 4.69) is 11.9 Å². The summed E-state index contributed by atoms with van der Waals surface area (Å²) < 4.78 is 0. The number of anilines is 1. The molecule has 0 unspecified atom stereocenters. The Morgan fingerprint density at radius 3 is 2.17 bits per heavy atom. The van der Waals surface area contributed by atoms with Crippen molar-refractivity contribution in [3.63, 3.8) is 0 Å². The molecule has 1 rings (SSSR count). The molecule has 0 saturated carbocycles. The predicted molar refractivity (Wildman–Crippen MR) is 66.2 cm³/mol. The highest BCUT2D eigenvalue weighted by atomic mass is 16.4. The fourth-order valence-corrected chi connectivity index (χ4v) is 0.939. The molecule has 1 aromatic rings. The fourth-order valence-electron chi connectivity index (χ4n) is 0.939. The van der Waals surface area contributed by atoms with Gasteiger partial charge in [-0.25, -0.2) is 0 Å². The summed E-state index contributed by atoms with van der Waals surface area (Å²) in [5.41, 5.74) is 6.80. The molecule has 0 bridgehead atoms. The molecule has 0 aliphatic carbocycles. The number of nitrogens with one attached hydrogen (secondary N) is 1. The van der Waals surface area contributed by atoms with Gasteiger partial charge in [0.05, 0.1) is 5.56 Å². The first-order valence-electron chi connectivity index (χ1n) is 4.96. The second kappa shape index (κ2) is 7.61. The van der Waals surface area contributed by atoms with E-state index in [1.807, 2.05) is 0 Å². The molecule has 1 aromatic carbocycles. The maximum atomic E-state index is 10.9. The first-order valence-corrected chi connectivity index (χ1v) is 4.96. The van der Waals surface area contributed by atoms with Crippen LogP contribution in [0.15, 0.2) is 36.9 Å². The van der Waals surface area contributed by atoms with Crippen LogP contribution in [-0.2, 0) is 9.59 Å². The summed E-state index contributed by atoms with van der Waals surface area (Å²) in [5, 5.41) is 16.9. The Hall–Kier alpha value is -2.63. The van der Waals surface area contributed by atoms with Gasteiger partial charge in [0.2, 0.25) is 5.91 Å². The van der Waals surface area contributed by atoms with Gasteiger partial charge >= 0.3 is 0 Å². The highest BCUT2D eigenvalue weighted by Crippen LogP contribution is 2.08. The van der Waals surface area contributed by atoms with Crippen LogP contribution in [0.4, 0.5) is 5.69 Å². The Morgan fingerprint density at radius 2 is 1.83 bits per heavy atom. The van der Waals surface area contributed by atoms with E-state index in [4.69, 9.17) is 21.0 Å². The lowest BCUT2D eigenvalue weighted by Crippen LogP contribution is -2.46. The summed E-state index contributed by atoms with van der Waals surface area (Å²) in [6.07, 6.45) is 1.21. The van der Waals surface area contributed by atoms with Crippen LogP contribution in [-0.4, -0.2) is 17.7 Å². The maximum absolute atomic E-state index is 10.9. The van der Waals surface area contributed by atoms with Crippen molar-refractivity contribution in [2.24, 2.45) is 5.73 Å². The highest BCUT2D eigenvalue weighted by Gasteiger charge is 2.01. The number of carboxylic acid groups (broad SMARTS) is 1. The second-order valence-corrected chi connectivity index (χ2v) is 3.22. The molecule has 6 nitrogen and oxygen atoms in total. The second-order valence-electron chi connectivity index (χ2n) is 3.22. The Labute approximate surface area is 105 Å². The topological polar surface area (TPSA) is 121 Å². The minimum Gasteiger partial charge on any atom is -0.550 e. The molecule has 5 N–H and O–H groups in total. The van der Waals surface area contributed by atoms with Crippen molar-refractivity contribution < 1.29 is 20.1 Å². The van der Waals surface area contributed by atoms with E-state index in [0.717, 1.165) is 12.5 Å². The van der Waals surface area contributed by atoms with Gasteiger partial charge in [0.1, 0.15) is 0 Å². The molecule has 0 aliphatic heterocycles. The predicted octanol–water partition coefficient (Wildman–Crippen LogP) is -1.97. The number of nitrogens with two attached hydrogens (primary N) is 2. The van der Waals surface area contributed by atoms with Crippen molar-refractivity contribution in [2.45, 2.75) is 6.92 Å². The molecule has 1 amide bonds. The van der Waals surface area contributed by atoms with Crippen LogP contribution >= 0.6 is 0 Å². The first-order chi connectivity index (χ1) is 8.36. The summed E-state index contributed by atoms with van der Waals surface area (Å²) in [5.74, 6) is -1.07. The molecular weight excluding hydrogens is 234 g/mol. The van der Waals surface area contributed by atoms with Crippen LogP contribution < -0.4 is 21.6 Å². The van der Waals surface area contributed by atoms with Crippen LogP contribution in [0, 0.1) is 0 Å². The highest BCUT2D eigenvalue weighted by molar-refractivity contribution is 5.99. The number of amidine groups is 1. The van der Waals surface area contributed by atoms with Crippen molar-refractivity contribution >= 4 is 23.4 Å². The maximum Gasteiger partial charge on any atom is 0.270 e. The molecular formula is C12H15N3O3. The van der Waals surface area contributed by atoms with E-state index < -0.39 is 5.97 Å². The standard InChI is InChI=1S/C10H11N3O.C2H4O2/c1-2-9(14)13-8-5-3-7(4-6-8)10(11)12;1-2(3)4/h2-6H,1H2,(H3,11,12)(H,13,14);1H3,(H,3,4). The number of carboxylic acids is 1. The van der Waals surface area contributed by atoms with Gasteiger partial charge in [-0.05, 0) is 37.3 Å². The molecule has 0 heterocycles. The van der Waals surface area contributed by atoms with Crippen LogP contribution in [0.2, 0.25) is 0 Å². The third-order valence-electron chi connectivity index (χ3n) is 1.67. The van der Waals surface area contributed by atoms with Crippen LogP contribution in [0.3, 0.4) is 0 Å². The molecule has 0 spiro atoms. The summed E-state index contributed by atoms with van der Waals surface area (Å²) >= 11 is 0. The van der Waals surface area contributed by atoms with E-state index >= 15 is 0 Å².